The van der Waals surface area contributed by atoms with Crippen LogP contribution >= 0.6 is 0 Å². The Morgan fingerprint density at radius 1 is 0.969 bits per heavy atom. The van der Waals surface area contributed by atoms with Crippen molar-refractivity contribution in [3.63, 3.8) is 0 Å². The van der Waals surface area contributed by atoms with Crippen molar-refractivity contribution in [2.75, 3.05) is 13.1 Å². The van der Waals surface area contributed by atoms with Gasteiger partial charge in [0.2, 0.25) is 5.95 Å². The molecule has 5 heteroatoms. The Balaban J connectivity index is 1.24. The molecular formula is C27H26N4O. The van der Waals surface area contributed by atoms with Gasteiger partial charge < -0.3 is 0 Å². The lowest BCUT2D eigenvalue weighted by Crippen LogP contribution is -2.38. The predicted octanol–water partition coefficient (Wildman–Crippen LogP) is 4.61. The fourth-order valence-electron chi connectivity index (χ4n) is 5.48. The first-order valence-corrected chi connectivity index (χ1v) is 11.5. The number of piperidine rings is 1. The number of nitrogens with zero attached hydrogens (tertiary/aromatic N) is 4. The lowest BCUT2D eigenvalue weighted by molar-refractivity contribution is 0.0811. The van der Waals surface area contributed by atoms with E-state index >= 15 is 0 Å². The average Bonchev–Trinajstić information content (AvgIpc) is 3.48. The van der Waals surface area contributed by atoms with E-state index in [4.69, 9.17) is 0 Å². The first-order valence-electron chi connectivity index (χ1n) is 11.5. The molecule has 0 bridgehead atoms. The molecule has 2 aromatic carbocycles. The van der Waals surface area contributed by atoms with Gasteiger partial charge in [-0.05, 0) is 72.3 Å². The molecule has 0 spiro atoms. The molecule has 0 amide bonds. The Morgan fingerprint density at radius 2 is 1.81 bits per heavy atom. The normalized spacial score (nSPS) is 18.3. The van der Waals surface area contributed by atoms with Crippen molar-refractivity contribution >= 4 is 16.6 Å². The Labute approximate surface area is 187 Å². The first-order chi connectivity index (χ1) is 15.8. The number of benzene rings is 2. The van der Waals surface area contributed by atoms with E-state index in [0.29, 0.717) is 11.7 Å². The highest BCUT2D eigenvalue weighted by molar-refractivity contribution is 6.11. The number of ketones is 1. The van der Waals surface area contributed by atoms with Gasteiger partial charge in [0, 0.05) is 48.9 Å². The molecule has 2 aromatic heterocycles. The summed E-state index contributed by atoms with van der Waals surface area (Å²) in [5.74, 6) is 1.02. The third-order valence-electron chi connectivity index (χ3n) is 7.01. The molecule has 0 saturated carbocycles. The molecule has 4 aromatic rings. The summed E-state index contributed by atoms with van der Waals surface area (Å²) in [5, 5.41) is 2.47. The van der Waals surface area contributed by atoms with E-state index in [9.17, 15) is 4.79 Å². The SMILES string of the molecule is O=C(c1ccc2c3c(cccc13)CC2)C1CCCN(Cc2cccn2-c2ncccn2)C1. The van der Waals surface area contributed by atoms with Crippen molar-refractivity contribution in [1.82, 2.24) is 19.4 Å². The molecule has 0 N–H and O–H groups in total. The smallest absolute Gasteiger partial charge is 0.233 e. The molecular weight excluding hydrogens is 396 g/mol. The van der Waals surface area contributed by atoms with Crippen molar-refractivity contribution in [1.29, 1.82) is 0 Å². The van der Waals surface area contributed by atoms with Crippen molar-refractivity contribution in [3.8, 4) is 5.95 Å². The fourth-order valence-corrected chi connectivity index (χ4v) is 5.48. The third-order valence-corrected chi connectivity index (χ3v) is 7.01. The fraction of sp³-hybridized carbons (Fsp3) is 0.296. The van der Waals surface area contributed by atoms with Crippen LogP contribution in [0.4, 0.5) is 0 Å². The summed E-state index contributed by atoms with van der Waals surface area (Å²) in [5.41, 5.74) is 4.83. The van der Waals surface area contributed by atoms with Gasteiger partial charge in [-0.1, -0.05) is 30.3 Å². The van der Waals surface area contributed by atoms with Gasteiger partial charge >= 0.3 is 0 Å². The summed E-state index contributed by atoms with van der Waals surface area (Å²) in [6.07, 6.45) is 9.71. The van der Waals surface area contributed by atoms with Crippen LogP contribution < -0.4 is 0 Å². The summed E-state index contributed by atoms with van der Waals surface area (Å²) in [6.45, 7) is 2.59. The lowest BCUT2D eigenvalue weighted by atomic mass is 9.87. The van der Waals surface area contributed by atoms with E-state index in [1.165, 1.54) is 16.5 Å². The Morgan fingerprint density at radius 3 is 2.69 bits per heavy atom. The molecule has 5 nitrogen and oxygen atoms in total. The minimum absolute atomic E-state index is 0.0404. The Kier molecular flexibility index (Phi) is 4.84. The zero-order valence-corrected chi connectivity index (χ0v) is 18.1. The van der Waals surface area contributed by atoms with E-state index in [0.717, 1.165) is 62.0 Å². The second kappa shape index (κ2) is 7.99. The summed E-state index contributed by atoms with van der Waals surface area (Å²) in [6, 6.07) is 16.7. The van der Waals surface area contributed by atoms with Crippen LogP contribution in [0.5, 0.6) is 0 Å². The highest BCUT2D eigenvalue weighted by Gasteiger charge is 2.29. The molecule has 160 valence electrons. The van der Waals surface area contributed by atoms with Crippen molar-refractivity contribution in [3.05, 3.63) is 89.5 Å². The number of hydrogen-bond acceptors (Lipinski definition) is 4. The van der Waals surface area contributed by atoms with Crippen LogP contribution in [0.3, 0.4) is 0 Å². The number of carbonyl (C=O) groups is 1. The Bertz CT molecular complexity index is 1280. The van der Waals surface area contributed by atoms with E-state index in [-0.39, 0.29) is 5.92 Å². The number of likely N-dealkylation sites (tertiary alicyclic amines) is 1. The van der Waals surface area contributed by atoms with Crippen LogP contribution in [0.2, 0.25) is 0 Å². The van der Waals surface area contributed by atoms with Gasteiger partial charge in [0.25, 0.3) is 0 Å². The first kappa shape index (κ1) is 19.4. The average molecular weight is 423 g/mol. The topological polar surface area (TPSA) is 51.0 Å². The number of hydrogen-bond donors (Lipinski definition) is 0. The molecule has 1 aliphatic heterocycles. The van der Waals surface area contributed by atoms with Gasteiger partial charge in [-0.25, -0.2) is 9.97 Å². The molecule has 6 rings (SSSR count). The largest absolute Gasteiger partial charge is 0.297 e. The third kappa shape index (κ3) is 3.33. The van der Waals surface area contributed by atoms with Gasteiger partial charge in [-0.3, -0.25) is 14.3 Å². The number of Topliss-reactive ketones (excluding diaryl/α,β-unsaturated/α-hetero) is 1. The summed E-state index contributed by atoms with van der Waals surface area (Å²) in [7, 11) is 0. The quantitative estimate of drug-likeness (QED) is 0.441. The number of aromatic nitrogens is 3. The molecule has 2 aliphatic rings. The lowest BCUT2D eigenvalue weighted by Gasteiger charge is -2.32. The second-order valence-corrected chi connectivity index (χ2v) is 8.97. The standard InChI is InChI=1S/C27H26N4O/c32-26(24-12-11-20-10-9-19-5-1-8-23(24)25(19)20)21-6-2-15-30(17-21)18-22-7-3-16-31(22)27-28-13-4-14-29-27/h1,3-5,7-8,11-14,16,21H,2,6,9-10,15,17-18H2. The molecule has 3 heterocycles. The number of carbonyl (C=O) groups excluding carboxylic acids is 1. The van der Waals surface area contributed by atoms with Crippen LogP contribution in [-0.4, -0.2) is 38.3 Å². The van der Waals surface area contributed by atoms with Gasteiger partial charge in [0.15, 0.2) is 5.78 Å². The van der Waals surface area contributed by atoms with Gasteiger partial charge in [0.05, 0.1) is 0 Å². The van der Waals surface area contributed by atoms with E-state index in [1.807, 2.05) is 22.9 Å². The minimum Gasteiger partial charge on any atom is -0.297 e. The van der Waals surface area contributed by atoms with Crippen LogP contribution in [-0.2, 0) is 19.4 Å². The summed E-state index contributed by atoms with van der Waals surface area (Å²) >= 11 is 0. The van der Waals surface area contributed by atoms with Crippen LogP contribution in [0.15, 0.2) is 67.1 Å². The van der Waals surface area contributed by atoms with Gasteiger partial charge in [-0.2, -0.15) is 0 Å². The number of aryl methyl sites for hydroxylation is 2. The van der Waals surface area contributed by atoms with E-state index in [1.54, 1.807) is 12.4 Å². The Hall–Kier alpha value is -3.31. The molecule has 0 radical (unpaired) electrons. The molecule has 32 heavy (non-hydrogen) atoms. The van der Waals surface area contributed by atoms with E-state index in [2.05, 4.69) is 51.3 Å². The molecule has 1 fully saturated rings. The predicted molar refractivity (Wildman–Crippen MR) is 125 cm³/mol. The molecule has 1 aliphatic carbocycles. The summed E-state index contributed by atoms with van der Waals surface area (Å²) in [4.78, 5) is 24.8. The van der Waals surface area contributed by atoms with Crippen LogP contribution in [0.1, 0.15) is 40.0 Å². The minimum atomic E-state index is 0.0404. The maximum atomic E-state index is 13.6. The van der Waals surface area contributed by atoms with Crippen LogP contribution in [0, 0.1) is 5.92 Å². The van der Waals surface area contributed by atoms with Crippen molar-refractivity contribution in [2.24, 2.45) is 5.92 Å². The van der Waals surface area contributed by atoms with Crippen LogP contribution in [0.25, 0.3) is 16.7 Å². The van der Waals surface area contributed by atoms with Gasteiger partial charge in [0.1, 0.15) is 0 Å². The molecule has 1 unspecified atom stereocenters. The molecule has 1 atom stereocenters. The number of rotatable bonds is 5. The highest BCUT2D eigenvalue weighted by atomic mass is 16.1. The molecule has 1 saturated heterocycles. The van der Waals surface area contributed by atoms with Gasteiger partial charge in [-0.15, -0.1) is 0 Å². The van der Waals surface area contributed by atoms with Crippen molar-refractivity contribution < 1.29 is 4.79 Å². The zero-order valence-electron chi connectivity index (χ0n) is 18.1. The van der Waals surface area contributed by atoms with Crippen molar-refractivity contribution in [2.45, 2.75) is 32.2 Å². The second-order valence-electron chi connectivity index (χ2n) is 8.97. The maximum Gasteiger partial charge on any atom is 0.233 e. The maximum absolute atomic E-state index is 13.6. The zero-order chi connectivity index (χ0) is 21.5. The monoisotopic (exact) mass is 422 g/mol. The highest BCUT2D eigenvalue weighted by Crippen LogP contribution is 2.34. The van der Waals surface area contributed by atoms with E-state index < -0.39 is 0 Å². The summed E-state index contributed by atoms with van der Waals surface area (Å²) < 4.78 is 2.04.